The first-order chi connectivity index (χ1) is 6.93. The number of carboxylic acid groups (broad SMARTS) is 1. The molecule has 2 atom stereocenters. The van der Waals surface area contributed by atoms with Crippen molar-refractivity contribution >= 4 is 29.5 Å². The van der Waals surface area contributed by atoms with E-state index in [-0.39, 0.29) is 10.9 Å². The zero-order valence-electron chi connectivity index (χ0n) is 9.08. The van der Waals surface area contributed by atoms with Gasteiger partial charge in [0.2, 0.25) is 0 Å². The van der Waals surface area contributed by atoms with E-state index in [0.29, 0.717) is 11.2 Å². The highest BCUT2D eigenvalue weighted by Crippen LogP contribution is 2.47. The number of rotatable bonds is 1. The van der Waals surface area contributed by atoms with Crippen LogP contribution in [0.4, 0.5) is 0 Å². The summed E-state index contributed by atoms with van der Waals surface area (Å²) in [4.78, 5) is 10.9. The quantitative estimate of drug-likeness (QED) is 0.737. The molecule has 0 amide bonds. The average molecular weight is 247 g/mol. The van der Waals surface area contributed by atoms with E-state index < -0.39 is 5.97 Å². The Morgan fingerprint density at radius 2 is 2.20 bits per heavy atom. The Labute approximate surface area is 98.8 Å². The Kier molecular flexibility index (Phi) is 2.99. The third-order valence-electron chi connectivity index (χ3n) is 2.85. The lowest BCUT2D eigenvalue weighted by Gasteiger charge is -2.41. The number of carboxylic acids is 1. The summed E-state index contributed by atoms with van der Waals surface area (Å²) < 4.78 is 0. The zero-order valence-corrected chi connectivity index (χ0v) is 10.7. The van der Waals surface area contributed by atoms with Gasteiger partial charge < -0.3 is 5.11 Å². The van der Waals surface area contributed by atoms with Crippen molar-refractivity contribution in [1.82, 2.24) is 5.32 Å². The van der Waals surface area contributed by atoms with Gasteiger partial charge in [-0.2, -0.15) is 11.8 Å². The molecule has 0 aromatic heterocycles. The van der Waals surface area contributed by atoms with E-state index in [0.717, 1.165) is 12.2 Å². The Balaban J connectivity index is 2.06. The van der Waals surface area contributed by atoms with Crippen LogP contribution in [0.1, 0.15) is 20.3 Å². The predicted molar refractivity (Wildman–Crippen MR) is 65.5 cm³/mol. The third kappa shape index (κ3) is 2.45. The molecule has 2 aliphatic heterocycles. The molecule has 0 aliphatic carbocycles. The molecule has 2 aliphatic rings. The maximum Gasteiger partial charge on any atom is 0.321 e. The first kappa shape index (κ1) is 11.6. The van der Waals surface area contributed by atoms with Crippen LogP contribution in [0.15, 0.2) is 0 Å². The Morgan fingerprint density at radius 1 is 1.47 bits per heavy atom. The van der Waals surface area contributed by atoms with Gasteiger partial charge in [-0.1, -0.05) is 13.8 Å². The summed E-state index contributed by atoms with van der Waals surface area (Å²) in [5.74, 6) is 2.19. The van der Waals surface area contributed by atoms with E-state index in [2.05, 4.69) is 19.2 Å². The fourth-order valence-electron chi connectivity index (χ4n) is 2.33. The van der Waals surface area contributed by atoms with Crippen LogP contribution in [0.3, 0.4) is 0 Å². The van der Waals surface area contributed by atoms with Crippen molar-refractivity contribution in [2.24, 2.45) is 5.41 Å². The smallest absolute Gasteiger partial charge is 0.321 e. The standard InChI is InChI=1S/C10H17NO2S2/c1-9(2)4-10(6-14-5-9)11-7(3-15-10)8(12)13/h7,11H,3-6H2,1-2H3,(H,12,13)/t7-,10?/m0/s1. The molecule has 2 saturated heterocycles. The summed E-state index contributed by atoms with van der Waals surface area (Å²) in [7, 11) is 0. The van der Waals surface area contributed by atoms with Crippen molar-refractivity contribution in [2.45, 2.75) is 31.2 Å². The summed E-state index contributed by atoms with van der Waals surface area (Å²) in [5, 5.41) is 12.3. The van der Waals surface area contributed by atoms with Crippen molar-refractivity contribution in [2.75, 3.05) is 17.3 Å². The second-order valence-electron chi connectivity index (χ2n) is 5.17. The van der Waals surface area contributed by atoms with Crippen LogP contribution >= 0.6 is 23.5 Å². The minimum atomic E-state index is -0.715. The molecule has 2 N–H and O–H groups in total. The van der Waals surface area contributed by atoms with Gasteiger partial charge in [0.15, 0.2) is 0 Å². The number of hydrogen-bond acceptors (Lipinski definition) is 4. The Hall–Kier alpha value is 0.130. The van der Waals surface area contributed by atoms with E-state index in [1.54, 1.807) is 11.8 Å². The molecule has 86 valence electrons. The highest BCUT2D eigenvalue weighted by atomic mass is 32.2. The molecule has 3 nitrogen and oxygen atoms in total. The first-order valence-electron chi connectivity index (χ1n) is 5.15. The molecule has 0 radical (unpaired) electrons. The number of aliphatic carboxylic acids is 1. The van der Waals surface area contributed by atoms with Crippen LogP contribution in [0.25, 0.3) is 0 Å². The van der Waals surface area contributed by atoms with Crippen molar-refractivity contribution in [3.8, 4) is 0 Å². The van der Waals surface area contributed by atoms with Gasteiger partial charge in [0.05, 0.1) is 4.87 Å². The average Bonchev–Trinajstić information content (AvgIpc) is 2.46. The number of carbonyl (C=O) groups is 1. The number of hydrogen-bond donors (Lipinski definition) is 2. The minimum absolute atomic E-state index is 0.00940. The Bertz CT molecular complexity index is 283. The topological polar surface area (TPSA) is 49.3 Å². The molecule has 1 spiro atoms. The molecule has 0 aromatic rings. The van der Waals surface area contributed by atoms with Gasteiger partial charge in [-0.05, 0) is 17.6 Å². The van der Waals surface area contributed by atoms with Crippen molar-refractivity contribution in [3.63, 3.8) is 0 Å². The lowest BCUT2D eigenvalue weighted by atomic mass is 9.87. The van der Waals surface area contributed by atoms with E-state index in [4.69, 9.17) is 5.11 Å². The van der Waals surface area contributed by atoms with Gasteiger partial charge in [-0.3, -0.25) is 10.1 Å². The molecule has 0 bridgehead atoms. The van der Waals surface area contributed by atoms with Crippen molar-refractivity contribution in [3.05, 3.63) is 0 Å². The SMILES string of the molecule is CC1(C)CSCC2(C1)N[C@H](C(=O)O)CS2. The van der Waals surface area contributed by atoms with Crippen LogP contribution in [-0.2, 0) is 4.79 Å². The van der Waals surface area contributed by atoms with Crippen LogP contribution in [0.5, 0.6) is 0 Å². The maximum atomic E-state index is 10.9. The molecule has 5 heteroatoms. The zero-order chi connectivity index (χ0) is 11.1. The predicted octanol–water partition coefficient (Wildman–Crippen LogP) is 1.64. The normalized spacial score (nSPS) is 39.5. The van der Waals surface area contributed by atoms with E-state index in [9.17, 15) is 4.79 Å². The minimum Gasteiger partial charge on any atom is -0.480 e. The van der Waals surface area contributed by atoms with Crippen LogP contribution in [0.2, 0.25) is 0 Å². The second kappa shape index (κ2) is 3.86. The van der Waals surface area contributed by atoms with Crippen LogP contribution < -0.4 is 5.32 Å². The first-order valence-corrected chi connectivity index (χ1v) is 7.29. The summed E-state index contributed by atoms with van der Waals surface area (Å²) in [5.41, 5.74) is 0.316. The van der Waals surface area contributed by atoms with Crippen molar-refractivity contribution in [1.29, 1.82) is 0 Å². The molecule has 2 heterocycles. The lowest BCUT2D eigenvalue weighted by Crippen LogP contribution is -2.51. The molecule has 0 aromatic carbocycles. The van der Waals surface area contributed by atoms with E-state index in [1.807, 2.05) is 11.8 Å². The summed E-state index contributed by atoms with van der Waals surface area (Å²) in [6, 6.07) is -0.357. The maximum absolute atomic E-state index is 10.9. The number of thioether (sulfide) groups is 2. The molecular weight excluding hydrogens is 230 g/mol. The lowest BCUT2D eigenvalue weighted by molar-refractivity contribution is -0.138. The van der Waals surface area contributed by atoms with Crippen LogP contribution in [0, 0.1) is 5.41 Å². The molecule has 2 fully saturated rings. The largest absolute Gasteiger partial charge is 0.480 e. The van der Waals surface area contributed by atoms with E-state index >= 15 is 0 Å². The molecule has 15 heavy (non-hydrogen) atoms. The molecule has 1 unspecified atom stereocenters. The third-order valence-corrected chi connectivity index (χ3v) is 6.18. The van der Waals surface area contributed by atoms with Crippen molar-refractivity contribution < 1.29 is 9.90 Å². The highest BCUT2D eigenvalue weighted by molar-refractivity contribution is 8.04. The summed E-state index contributed by atoms with van der Waals surface area (Å²) in [6.07, 6.45) is 1.07. The molecule has 0 saturated carbocycles. The molecular formula is C10H17NO2S2. The monoisotopic (exact) mass is 247 g/mol. The fraction of sp³-hybridized carbons (Fsp3) is 0.900. The van der Waals surface area contributed by atoms with Crippen LogP contribution in [-0.4, -0.2) is 39.2 Å². The number of nitrogens with one attached hydrogen (secondary N) is 1. The van der Waals surface area contributed by atoms with Gasteiger partial charge in [0.25, 0.3) is 0 Å². The second-order valence-corrected chi connectivity index (χ2v) is 7.56. The van der Waals surface area contributed by atoms with Gasteiger partial charge in [0, 0.05) is 11.5 Å². The van der Waals surface area contributed by atoms with Gasteiger partial charge in [-0.15, -0.1) is 11.8 Å². The van der Waals surface area contributed by atoms with Gasteiger partial charge >= 0.3 is 5.97 Å². The van der Waals surface area contributed by atoms with Gasteiger partial charge in [-0.25, -0.2) is 0 Å². The summed E-state index contributed by atoms with van der Waals surface area (Å²) >= 11 is 3.73. The molecule has 2 rings (SSSR count). The van der Waals surface area contributed by atoms with E-state index in [1.165, 1.54) is 5.75 Å². The van der Waals surface area contributed by atoms with Gasteiger partial charge in [0.1, 0.15) is 6.04 Å². The Morgan fingerprint density at radius 3 is 2.73 bits per heavy atom. The fourth-order valence-corrected chi connectivity index (χ4v) is 5.61. The summed E-state index contributed by atoms with van der Waals surface area (Å²) in [6.45, 7) is 4.52. The highest BCUT2D eigenvalue weighted by Gasteiger charge is 2.47.